The molecule has 2 heterocycles. The largest absolute Gasteiger partial charge is 0.365 e. The van der Waals surface area contributed by atoms with Gasteiger partial charge in [0, 0.05) is 12.1 Å². The lowest BCUT2D eigenvalue weighted by atomic mass is 9.95. The molecule has 0 aliphatic carbocycles. The minimum absolute atomic E-state index is 0.355. The smallest absolute Gasteiger partial charge is 0.147 e. The number of fused-ring (bicyclic) bond motifs is 1. The maximum Gasteiger partial charge on any atom is 0.147 e. The summed E-state index contributed by atoms with van der Waals surface area (Å²) in [7, 11) is 0. The molecule has 0 spiro atoms. The Morgan fingerprint density at radius 1 is 1.18 bits per heavy atom. The molecule has 6 heteroatoms. The summed E-state index contributed by atoms with van der Waals surface area (Å²) in [5.74, 6) is 0.512. The number of benzene rings is 1. The Labute approximate surface area is 171 Å². The average molecular weight is 430 g/mol. The molecule has 0 unspecified atom stereocenters. The van der Waals surface area contributed by atoms with Crippen molar-refractivity contribution in [2.75, 3.05) is 11.9 Å². The van der Waals surface area contributed by atoms with Gasteiger partial charge in [-0.2, -0.15) is 15.6 Å². The van der Waals surface area contributed by atoms with Crippen LogP contribution in [0.3, 0.4) is 0 Å². The van der Waals surface area contributed by atoms with E-state index >= 15 is 0 Å². The highest BCUT2D eigenvalue weighted by molar-refractivity contribution is 9.10. The predicted molar refractivity (Wildman–Crippen MR) is 115 cm³/mol. The Hall–Kier alpha value is -3.61. The van der Waals surface area contributed by atoms with Crippen molar-refractivity contribution in [2.24, 2.45) is 0 Å². The van der Waals surface area contributed by atoms with Crippen LogP contribution in [0.1, 0.15) is 11.1 Å². The first-order valence-corrected chi connectivity index (χ1v) is 9.22. The lowest BCUT2D eigenvalue weighted by Crippen LogP contribution is -2.12. The maximum absolute atomic E-state index is 9.97. The van der Waals surface area contributed by atoms with Gasteiger partial charge in [0.25, 0.3) is 0 Å². The van der Waals surface area contributed by atoms with Crippen molar-refractivity contribution in [3.05, 3.63) is 89.1 Å². The highest BCUT2D eigenvalue weighted by Gasteiger charge is 2.23. The fourth-order valence-corrected chi connectivity index (χ4v) is 3.46. The number of nitrogens with zero attached hydrogens (tertiary/aromatic N) is 4. The molecule has 0 aliphatic heterocycles. The molecule has 3 rings (SSSR count). The zero-order chi connectivity index (χ0) is 20.1. The fourth-order valence-electron chi connectivity index (χ4n) is 3.00. The van der Waals surface area contributed by atoms with E-state index in [1.54, 1.807) is 22.9 Å². The van der Waals surface area contributed by atoms with E-state index in [0.29, 0.717) is 39.0 Å². The van der Waals surface area contributed by atoms with Crippen LogP contribution in [-0.2, 0) is 0 Å². The van der Waals surface area contributed by atoms with E-state index in [1.165, 1.54) is 0 Å². The summed E-state index contributed by atoms with van der Waals surface area (Å²) in [5.41, 5.74) is 3.63. The minimum Gasteiger partial charge on any atom is -0.365 e. The van der Waals surface area contributed by atoms with Crippen molar-refractivity contribution >= 4 is 27.3 Å². The molecule has 1 N–H and O–H groups in total. The van der Waals surface area contributed by atoms with Crippen LogP contribution in [0.2, 0.25) is 0 Å². The van der Waals surface area contributed by atoms with Crippen molar-refractivity contribution in [2.45, 2.75) is 0 Å². The quantitative estimate of drug-likeness (QED) is 0.544. The normalized spacial score (nSPS) is 10.9. The van der Waals surface area contributed by atoms with Crippen LogP contribution < -0.4 is 5.32 Å². The van der Waals surface area contributed by atoms with E-state index in [9.17, 15) is 10.5 Å². The summed E-state index contributed by atoms with van der Waals surface area (Å²) in [4.78, 5) is 0. The Morgan fingerprint density at radius 2 is 1.89 bits per heavy atom. The summed E-state index contributed by atoms with van der Waals surface area (Å²) in [5, 5.41) is 27.5. The van der Waals surface area contributed by atoms with Crippen molar-refractivity contribution in [3.8, 4) is 23.3 Å². The van der Waals surface area contributed by atoms with Crippen LogP contribution in [0.15, 0.2) is 78.0 Å². The summed E-state index contributed by atoms with van der Waals surface area (Å²) in [6.45, 7) is 7.93. The molecule has 2 aromatic heterocycles. The van der Waals surface area contributed by atoms with E-state index in [4.69, 9.17) is 0 Å². The Morgan fingerprint density at radius 3 is 2.50 bits per heavy atom. The number of aromatic nitrogens is 2. The highest BCUT2D eigenvalue weighted by atomic mass is 79.9. The predicted octanol–water partition coefficient (Wildman–Crippen LogP) is 5.22. The first kappa shape index (κ1) is 19.2. The molecule has 1 aromatic carbocycles. The molecule has 0 saturated heterocycles. The zero-order valence-corrected chi connectivity index (χ0v) is 16.6. The van der Waals surface area contributed by atoms with Crippen molar-refractivity contribution in [1.82, 2.24) is 9.61 Å². The highest BCUT2D eigenvalue weighted by Crippen LogP contribution is 2.37. The number of allylic oxidation sites excluding steroid dienone is 2. The van der Waals surface area contributed by atoms with Gasteiger partial charge in [-0.1, -0.05) is 61.7 Å². The molecule has 0 radical (unpaired) electrons. The summed E-state index contributed by atoms with van der Waals surface area (Å²) >= 11 is 3.48. The third-order valence-corrected chi connectivity index (χ3v) is 4.83. The van der Waals surface area contributed by atoms with Crippen LogP contribution in [-0.4, -0.2) is 16.2 Å². The first-order chi connectivity index (χ1) is 13.7. The van der Waals surface area contributed by atoms with Crippen molar-refractivity contribution in [3.63, 3.8) is 0 Å². The molecule has 0 bridgehead atoms. The second kappa shape index (κ2) is 8.39. The zero-order valence-electron chi connectivity index (χ0n) is 15.0. The summed E-state index contributed by atoms with van der Waals surface area (Å²) in [6.07, 6.45) is 6.85. The number of nitriles is 2. The number of pyridine rings is 1. The second-order valence-corrected chi connectivity index (χ2v) is 6.71. The first-order valence-electron chi connectivity index (χ1n) is 8.43. The summed E-state index contributed by atoms with van der Waals surface area (Å²) < 4.78 is 2.27. The molecular weight excluding hydrogens is 414 g/mol. The number of halogens is 1. The van der Waals surface area contributed by atoms with Crippen LogP contribution in [0.25, 0.3) is 16.6 Å². The van der Waals surface area contributed by atoms with Crippen LogP contribution in [0, 0.1) is 22.7 Å². The lowest BCUT2D eigenvalue weighted by Gasteiger charge is -2.16. The van der Waals surface area contributed by atoms with Gasteiger partial charge in [0.05, 0.1) is 16.2 Å². The Balaban J connectivity index is 2.34. The van der Waals surface area contributed by atoms with Gasteiger partial charge in [-0.15, -0.1) is 0 Å². The molecule has 0 saturated carbocycles. The number of hydrogen-bond acceptors (Lipinski definition) is 4. The van der Waals surface area contributed by atoms with Crippen LogP contribution in [0.5, 0.6) is 0 Å². The third-order valence-electron chi connectivity index (χ3n) is 4.25. The molecule has 0 aliphatic rings. The monoisotopic (exact) mass is 429 g/mol. The minimum atomic E-state index is 0.355. The van der Waals surface area contributed by atoms with Gasteiger partial charge in [0.15, 0.2) is 0 Å². The van der Waals surface area contributed by atoms with E-state index in [1.807, 2.05) is 36.4 Å². The second-order valence-electron chi connectivity index (χ2n) is 5.85. The lowest BCUT2D eigenvalue weighted by molar-refractivity contribution is 0.950. The van der Waals surface area contributed by atoms with Gasteiger partial charge in [-0.05, 0) is 27.1 Å². The number of hydrogen-bond donors (Lipinski definition) is 1. The van der Waals surface area contributed by atoms with Gasteiger partial charge in [-0.25, -0.2) is 4.52 Å². The molecule has 0 fully saturated rings. The van der Waals surface area contributed by atoms with Crippen LogP contribution in [0.4, 0.5) is 5.82 Å². The van der Waals surface area contributed by atoms with E-state index in [-0.39, 0.29) is 0 Å². The Kier molecular flexibility index (Phi) is 5.74. The van der Waals surface area contributed by atoms with E-state index in [2.05, 4.69) is 51.6 Å². The number of rotatable bonds is 6. The van der Waals surface area contributed by atoms with E-state index in [0.717, 1.165) is 11.1 Å². The standard InChI is InChI=1S/C22H16BrN5/c1-3-8-15(4-2)13-26-22-18(12-25)20(16-9-6-5-7-10-16)17(11-24)21-19(23)14-27-28(21)22/h3-10,14,26H,1-2,13H2/b15-8+. The van der Waals surface area contributed by atoms with Crippen molar-refractivity contribution in [1.29, 1.82) is 10.5 Å². The maximum atomic E-state index is 9.97. The van der Waals surface area contributed by atoms with Gasteiger partial charge >= 0.3 is 0 Å². The molecular formula is C22H16BrN5. The SMILES string of the molecule is C=C/C=C(\C=C)CNc1c(C#N)c(-c2ccccc2)c(C#N)c2c(Br)cnn12. The topological polar surface area (TPSA) is 76.9 Å². The molecule has 3 aromatic rings. The molecule has 0 amide bonds. The number of nitrogens with one attached hydrogen (secondary N) is 1. The molecule has 136 valence electrons. The van der Waals surface area contributed by atoms with E-state index < -0.39 is 0 Å². The van der Waals surface area contributed by atoms with Gasteiger partial charge in [0.1, 0.15) is 29.0 Å². The third kappa shape index (κ3) is 3.34. The van der Waals surface area contributed by atoms with Gasteiger partial charge in [-0.3, -0.25) is 0 Å². The number of anilines is 1. The van der Waals surface area contributed by atoms with Gasteiger partial charge < -0.3 is 5.32 Å². The summed E-state index contributed by atoms with van der Waals surface area (Å²) in [6, 6.07) is 13.9. The average Bonchev–Trinajstić information content (AvgIpc) is 3.12. The molecule has 28 heavy (non-hydrogen) atoms. The molecule has 5 nitrogen and oxygen atoms in total. The van der Waals surface area contributed by atoms with Crippen LogP contribution >= 0.6 is 15.9 Å². The van der Waals surface area contributed by atoms with Gasteiger partial charge in [0.2, 0.25) is 0 Å². The molecule has 0 atom stereocenters. The fraction of sp³-hybridized carbons (Fsp3) is 0.0455. The van der Waals surface area contributed by atoms with Crippen molar-refractivity contribution < 1.29 is 0 Å². The Bertz CT molecular complexity index is 1170.